The number of aromatic nitrogens is 3. The summed E-state index contributed by atoms with van der Waals surface area (Å²) in [5.74, 6) is 1.98. The molecule has 0 radical (unpaired) electrons. The molecule has 0 aliphatic rings. The molecule has 0 unspecified atom stereocenters. The number of carbonyl (C=O) groups excluding carboxylic acids is 1. The second-order valence-electron chi connectivity index (χ2n) is 7.52. The van der Waals surface area contributed by atoms with E-state index in [4.69, 9.17) is 25.8 Å². The van der Waals surface area contributed by atoms with Crippen molar-refractivity contribution in [1.29, 1.82) is 0 Å². The summed E-state index contributed by atoms with van der Waals surface area (Å²) in [6, 6.07) is 20.4. The molecule has 1 aromatic heterocycles. The number of benzene rings is 3. The van der Waals surface area contributed by atoms with Gasteiger partial charge in [-0.05, 0) is 42.5 Å². The first-order valence-corrected chi connectivity index (χ1v) is 12.4. The lowest BCUT2D eigenvalue weighted by Crippen LogP contribution is -2.20. The van der Waals surface area contributed by atoms with E-state index in [-0.39, 0.29) is 11.7 Å². The van der Waals surface area contributed by atoms with Crippen LogP contribution in [0.1, 0.15) is 5.56 Å². The Kier molecular flexibility index (Phi) is 8.65. The highest BCUT2D eigenvalue weighted by Gasteiger charge is 2.17. The van der Waals surface area contributed by atoms with Gasteiger partial charge in [0.25, 0.3) is 5.91 Å². The lowest BCUT2D eigenvalue weighted by Gasteiger charge is -2.11. The van der Waals surface area contributed by atoms with Gasteiger partial charge in [-0.3, -0.25) is 9.36 Å². The Morgan fingerprint density at radius 2 is 1.65 bits per heavy atom. The Morgan fingerprint density at radius 1 is 0.973 bits per heavy atom. The van der Waals surface area contributed by atoms with Crippen LogP contribution in [0.5, 0.6) is 17.2 Å². The molecule has 37 heavy (non-hydrogen) atoms. The number of rotatable bonds is 10. The van der Waals surface area contributed by atoms with Crippen molar-refractivity contribution in [3.05, 3.63) is 77.3 Å². The lowest BCUT2D eigenvalue weighted by atomic mass is 10.2. The number of hydrogen-bond donors (Lipinski definition) is 1. The van der Waals surface area contributed by atoms with Crippen LogP contribution >= 0.6 is 23.4 Å². The summed E-state index contributed by atoms with van der Waals surface area (Å²) < 4.78 is 17.9. The van der Waals surface area contributed by atoms with Crippen LogP contribution in [0.4, 0.5) is 0 Å². The van der Waals surface area contributed by atoms with Crippen LogP contribution in [0.2, 0.25) is 5.02 Å². The summed E-state index contributed by atoms with van der Waals surface area (Å²) in [6.07, 6.45) is 1.48. The number of amides is 1. The van der Waals surface area contributed by atoms with E-state index in [1.807, 2.05) is 47.0 Å². The number of para-hydroxylation sites is 1. The average molecular weight is 538 g/mol. The van der Waals surface area contributed by atoms with Crippen LogP contribution in [0.3, 0.4) is 0 Å². The van der Waals surface area contributed by atoms with Gasteiger partial charge >= 0.3 is 0 Å². The zero-order valence-electron chi connectivity index (χ0n) is 20.3. The molecule has 1 N–H and O–H groups in total. The summed E-state index contributed by atoms with van der Waals surface area (Å²) in [7, 11) is 4.62. The number of nitrogens with one attached hydrogen (secondary N) is 1. The Bertz CT molecular complexity index is 1390. The lowest BCUT2D eigenvalue weighted by molar-refractivity contribution is -0.118. The molecule has 0 aliphatic carbocycles. The predicted octanol–water partition coefficient (Wildman–Crippen LogP) is 4.86. The molecule has 1 amide bonds. The zero-order valence-corrected chi connectivity index (χ0v) is 21.9. The van der Waals surface area contributed by atoms with Crippen molar-refractivity contribution in [2.75, 3.05) is 27.1 Å². The maximum Gasteiger partial charge on any atom is 0.250 e. The van der Waals surface area contributed by atoms with Gasteiger partial charge in [0.2, 0.25) is 0 Å². The molecule has 0 spiro atoms. The number of halogens is 1. The van der Waals surface area contributed by atoms with Gasteiger partial charge in [-0.1, -0.05) is 41.6 Å². The van der Waals surface area contributed by atoms with Crippen molar-refractivity contribution in [3.8, 4) is 34.3 Å². The van der Waals surface area contributed by atoms with E-state index in [0.29, 0.717) is 38.8 Å². The minimum Gasteiger partial charge on any atom is -0.496 e. The smallest absolute Gasteiger partial charge is 0.250 e. The van der Waals surface area contributed by atoms with E-state index in [0.717, 1.165) is 11.3 Å². The van der Waals surface area contributed by atoms with Crippen molar-refractivity contribution in [2.45, 2.75) is 5.16 Å². The molecule has 1 heterocycles. The molecule has 190 valence electrons. The SMILES string of the molecule is COc1cc(OC)c(OC)cc1/C=N\NC(=O)CSc1nnc(-c2ccc(Cl)cc2)n1-c1ccccc1. The highest BCUT2D eigenvalue weighted by atomic mass is 35.5. The molecule has 11 heteroatoms. The molecule has 3 aromatic carbocycles. The molecule has 0 fully saturated rings. The Labute approximate surface area is 223 Å². The Balaban J connectivity index is 1.48. The van der Waals surface area contributed by atoms with Gasteiger partial charge in [-0.15, -0.1) is 10.2 Å². The zero-order chi connectivity index (χ0) is 26.2. The molecule has 0 bridgehead atoms. The first-order valence-electron chi connectivity index (χ1n) is 11.1. The second-order valence-corrected chi connectivity index (χ2v) is 8.89. The molecule has 0 aliphatic heterocycles. The quantitative estimate of drug-likeness (QED) is 0.175. The maximum atomic E-state index is 12.6. The minimum atomic E-state index is -0.309. The normalized spacial score (nSPS) is 10.9. The molecular formula is C26H24ClN5O4S. The van der Waals surface area contributed by atoms with Crippen LogP contribution in [-0.4, -0.2) is 54.0 Å². The monoisotopic (exact) mass is 537 g/mol. The van der Waals surface area contributed by atoms with E-state index in [9.17, 15) is 4.79 Å². The van der Waals surface area contributed by atoms with Crippen molar-refractivity contribution >= 4 is 35.5 Å². The van der Waals surface area contributed by atoms with Crippen molar-refractivity contribution in [2.24, 2.45) is 5.10 Å². The van der Waals surface area contributed by atoms with Gasteiger partial charge in [0.1, 0.15) is 5.75 Å². The van der Waals surface area contributed by atoms with Gasteiger partial charge in [0.05, 0.1) is 33.3 Å². The molecule has 0 atom stereocenters. The van der Waals surface area contributed by atoms with Crippen molar-refractivity contribution in [3.63, 3.8) is 0 Å². The third-order valence-corrected chi connectivity index (χ3v) is 6.39. The minimum absolute atomic E-state index is 0.0754. The fourth-order valence-electron chi connectivity index (χ4n) is 3.45. The molecule has 9 nitrogen and oxygen atoms in total. The number of thioether (sulfide) groups is 1. The second kappa shape index (κ2) is 12.3. The molecule has 0 saturated carbocycles. The topological polar surface area (TPSA) is 99.9 Å². The maximum absolute atomic E-state index is 12.6. The van der Waals surface area contributed by atoms with Crippen molar-refractivity contribution < 1.29 is 19.0 Å². The summed E-state index contributed by atoms with van der Waals surface area (Å²) in [4.78, 5) is 12.6. The first kappa shape index (κ1) is 26.1. The van der Waals surface area contributed by atoms with Gasteiger partial charge < -0.3 is 14.2 Å². The van der Waals surface area contributed by atoms with E-state index >= 15 is 0 Å². The van der Waals surface area contributed by atoms with Crippen LogP contribution in [-0.2, 0) is 4.79 Å². The van der Waals surface area contributed by atoms with Crippen molar-refractivity contribution in [1.82, 2.24) is 20.2 Å². The van der Waals surface area contributed by atoms with Gasteiger partial charge in [0, 0.05) is 27.9 Å². The third-order valence-electron chi connectivity index (χ3n) is 5.21. The molecule has 0 saturated heterocycles. The Morgan fingerprint density at radius 3 is 2.32 bits per heavy atom. The van der Waals surface area contributed by atoms with E-state index in [1.54, 1.807) is 31.4 Å². The number of methoxy groups -OCH3 is 3. The Hall–Kier alpha value is -4.02. The number of hydrogen-bond acceptors (Lipinski definition) is 8. The number of ether oxygens (including phenoxy) is 3. The van der Waals surface area contributed by atoms with Gasteiger partial charge in [-0.25, -0.2) is 5.43 Å². The largest absolute Gasteiger partial charge is 0.496 e. The van der Waals surface area contributed by atoms with Crippen LogP contribution in [0.15, 0.2) is 77.0 Å². The van der Waals surface area contributed by atoms with Crippen LogP contribution in [0.25, 0.3) is 17.1 Å². The summed E-state index contributed by atoms with van der Waals surface area (Å²) in [5, 5.41) is 14.0. The fourth-order valence-corrected chi connectivity index (χ4v) is 4.32. The summed E-state index contributed by atoms with van der Waals surface area (Å²) >= 11 is 7.30. The fraction of sp³-hybridized carbons (Fsp3) is 0.154. The number of carbonyl (C=O) groups is 1. The van der Waals surface area contributed by atoms with E-state index in [2.05, 4.69) is 20.7 Å². The highest BCUT2D eigenvalue weighted by molar-refractivity contribution is 7.99. The van der Waals surface area contributed by atoms with E-state index < -0.39 is 0 Å². The highest BCUT2D eigenvalue weighted by Crippen LogP contribution is 2.34. The van der Waals surface area contributed by atoms with E-state index in [1.165, 1.54) is 32.2 Å². The molecule has 4 rings (SSSR count). The third kappa shape index (κ3) is 6.22. The van der Waals surface area contributed by atoms with Crippen LogP contribution in [0, 0.1) is 0 Å². The summed E-state index contributed by atoms with van der Waals surface area (Å²) in [5.41, 5.74) is 4.87. The molecule has 4 aromatic rings. The van der Waals surface area contributed by atoms with Gasteiger partial charge in [0.15, 0.2) is 22.5 Å². The first-order chi connectivity index (χ1) is 18.0. The van der Waals surface area contributed by atoms with Gasteiger partial charge in [-0.2, -0.15) is 5.10 Å². The summed E-state index contributed by atoms with van der Waals surface area (Å²) in [6.45, 7) is 0. The molecular weight excluding hydrogens is 514 g/mol. The van der Waals surface area contributed by atoms with Crippen LogP contribution < -0.4 is 19.6 Å². The number of hydrazone groups is 1. The number of nitrogens with zero attached hydrogens (tertiary/aromatic N) is 4. The predicted molar refractivity (Wildman–Crippen MR) is 144 cm³/mol. The average Bonchev–Trinajstić information content (AvgIpc) is 3.36. The standard InChI is InChI=1S/C26H24ClN5O4S/c1-34-21-14-23(36-3)22(35-2)13-18(21)15-28-29-24(33)16-37-26-31-30-25(17-9-11-19(27)12-10-17)32(26)20-7-5-4-6-8-20/h4-15H,16H2,1-3H3,(H,29,33)/b28-15-.